The average Bonchev–Trinajstić information content (AvgIpc) is 2.83. The number of carbonyl (C=O) groups is 1. The summed E-state index contributed by atoms with van der Waals surface area (Å²) in [5.74, 6) is 0.0834. The third-order valence-corrected chi connectivity index (χ3v) is 3.95. The lowest BCUT2D eigenvalue weighted by Gasteiger charge is -2.14. The van der Waals surface area contributed by atoms with E-state index in [1.807, 2.05) is 24.3 Å². The number of aromatic nitrogens is 1. The lowest BCUT2D eigenvalue weighted by Crippen LogP contribution is -2.23. The first-order valence-electron chi connectivity index (χ1n) is 6.18. The Morgan fingerprint density at radius 2 is 2.15 bits per heavy atom. The molecule has 0 fully saturated rings. The van der Waals surface area contributed by atoms with Crippen LogP contribution < -0.4 is 5.32 Å². The number of amides is 1. The SMILES string of the molecule is CN(C)C(=O)Cc1ccccc1NCc1cnc(Cl)s1. The average molecular weight is 310 g/mol. The number of hydrogen-bond acceptors (Lipinski definition) is 4. The molecule has 1 aromatic carbocycles. The van der Waals surface area contributed by atoms with Gasteiger partial charge in [-0.1, -0.05) is 29.8 Å². The quantitative estimate of drug-likeness (QED) is 0.923. The molecule has 1 amide bonds. The molecule has 2 aromatic rings. The number of rotatable bonds is 5. The molecule has 0 saturated heterocycles. The molecule has 0 aliphatic carbocycles. The van der Waals surface area contributed by atoms with Crippen molar-refractivity contribution in [3.05, 3.63) is 45.4 Å². The minimum atomic E-state index is 0.0834. The maximum atomic E-state index is 11.8. The lowest BCUT2D eigenvalue weighted by atomic mass is 10.1. The third kappa shape index (κ3) is 3.95. The van der Waals surface area contributed by atoms with Crippen molar-refractivity contribution < 1.29 is 4.79 Å². The van der Waals surface area contributed by atoms with Gasteiger partial charge in [-0.15, -0.1) is 11.3 Å². The third-order valence-electron chi connectivity index (χ3n) is 2.84. The zero-order valence-corrected chi connectivity index (χ0v) is 13.0. The van der Waals surface area contributed by atoms with Gasteiger partial charge in [0.1, 0.15) is 0 Å². The molecule has 0 bridgehead atoms. The summed E-state index contributed by atoms with van der Waals surface area (Å²) in [6, 6.07) is 7.82. The largest absolute Gasteiger partial charge is 0.380 e. The van der Waals surface area contributed by atoms with Gasteiger partial charge in [0.2, 0.25) is 5.91 Å². The topological polar surface area (TPSA) is 45.2 Å². The van der Waals surface area contributed by atoms with Gasteiger partial charge in [-0.25, -0.2) is 4.98 Å². The summed E-state index contributed by atoms with van der Waals surface area (Å²) < 4.78 is 0.540. The zero-order valence-electron chi connectivity index (χ0n) is 11.4. The van der Waals surface area contributed by atoms with Crippen LogP contribution >= 0.6 is 22.9 Å². The van der Waals surface area contributed by atoms with Gasteiger partial charge in [0, 0.05) is 30.9 Å². The molecule has 1 heterocycles. The van der Waals surface area contributed by atoms with Crippen LogP contribution in [0.3, 0.4) is 0 Å². The van der Waals surface area contributed by atoms with Crippen molar-refractivity contribution >= 4 is 34.5 Å². The van der Waals surface area contributed by atoms with Crippen molar-refractivity contribution in [2.75, 3.05) is 19.4 Å². The van der Waals surface area contributed by atoms with Crippen molar-refractivity contribution in [1.29, 1.82) is 0 Å². The van der Waals surface area contributed by atoms with Crippen LogP contribution in [0.15, 0.2) is 30.5 Å². The predicted molar refractivity (Wildman–Crippen MR) is 83.3 cm³/mol. The molecule has 4 nitrogen and oxygen atoms in total. The van der Waals surface area contributed by atoms with Crippen LogP contribution in [0, 0.1) is 0 Å². The van der Waals surface area contributed by atoms with Crippen molar-refractivity contribution in [3.63, 3.8) is 0 Å². The summed E-state index contributed by atoms with van der Waals surface area (Å²) in [4.78, 5) is 18.5. The van der Waals surface area contributed by atoms with E-state index in [1.165, 1.54) is 11.3 Å². The molecule has 0 spiro atoms. The maximum absolute atomic E-state index is 11.8. The first kappa shape index (κ1) is 14.8. The van der Waals surface area contributed by atoms with Crippen molar-refractivity contribution in [2.24, 2.45) is 0 Å². The Morgan fingerprint density at radius 1 is 1.40 bits per heavy atom. The van der Waals surface area contributed by atoms with E-state index in [0.717, 1.165) is 16.1 Å². The number of benzene rings is 1. The van der Waals surface area contributed by atoms with Gasteiger partial charge in [-0.05, 0) is 11.6 Å². The molecule has 0 atom stereocenters. The van der Waals surface area contributed by atoms with E-state index in [1.54, 1.807) is 25.2 Å². The van der Waals surface area contributed by atoms with E-state index in [-0.39, 0.29) is 5.91 Å². The van der Waals surface area contributed by atoms with E-state index in [2.05, 4.69) is 10.3 Å². The second-order valence-electron chi connectivity index (χ2n) is 4.56. The lowest BCUT2D eigenvalue weighted by molar-refractivity contribution is -0.127. The number of halogens is 1. The molecule has 1 N–H and O–H groups in total. The second kappa shape index (κ2) is 6.72. The van der Waals surface area contributed by atoms with Crippen LogP contribution in [0.2, 0.25) is 4.47 Å². The Balaban J connectivity index is 2.05. The fourth-order valence-electron chi connectivity index (χ4n) is 1.72. The molecule has 0 aliphatic rings. The Morgan fingerprint density at radius 3 is 2.80 bits per heavy atom. The Hall–Kier alpha value is -1.59. The van der Waals surface area contributed by atoms with E-state index < -0.39 is 0 Å². The van der Waals surface area contributed by atoms with Gasteiger partial charge in [0.15, 0.2) is 4.47 Å². The smallest absolute Gasteiger partial charge is 0.226 e. The fourth-order valence-corrected chi connectivity index (χ4v) is 2.63. The summed E-state index contributed by atoms with van der Waals surface area (Å²) in [7, 11) is 3.52. The molecule has 20 heavy (non-hydrogen) atoms. The van der Waals surface area contributed by atoms with Gasteiger partial charge < -0.3 is 10.2 Å². The van der Waals surface area contributed by atoms with Gasteiger partial charge in [-0.2, -0.15) is 0 Å². The minimum absolute atomic E-state index is 0.0834. The number of para-hydroxylation sites is 1. The highest BCUT2D eigenvalue weighted by Gasteiger charge is 2.09. The summed E-state index contributed by atoms with van der Waals surface area (Å²) in [6.45, 7) is 0.650. The number of thiazole rings is 1. The first-order chi connectivity index (χ1) is 9.56. The monoisotopic (exact) mass is 309 g/mol. The van der Waals surface area contributed by atoms with E-state index in [9.17, 15) is 4.79 Å². The number of carbonyl (C=O) groups excluding carboxylic acids is 1. The Bertz CT molecular complexity index is 598. The van der Waals surface area contributed by atoms with Crippen LogP contribution in [0.4, 0.5) is 5.69 Å². The molecule has 6 heteroatoms. The van der Waals surface area contributed by atoms with E-state index >= 15 is 0 Å². The van der Waals surface area contributed by atoms with Crippen molar-refractivity contribution in [2.45, 2.75) is 13.0 Å². The molecule has 106 valence electrons. The van der Waals surface area contributed by atoms with Gasteiger partial charge in [-0.3, -0.25) is 4.79 Å². The second-order valence-corrected chi connectivity index (χ2v) is 6.25. The van der Waals surface area contributed by atoms with Gasteiger partial charge in [0.05, 0.1) is 13.0 Å². The van der Waals surface area contributed by atoms with E-state index in [4.69, 9.17) is 11.6 Å². The van der Waals surface area contributed by atoms with Crippen molar-refractivity contribution in [3.8, 4) is 0 Å². The van der Waals surface area contributed by atoms with Gasteiger partial charge in [0.25, 0.3) is 0 Å². The normalized spacial score (nSPS) is 10.3. The van der Waals surface area contributed by atoms with Crippen LogP contribution in [0.1, 0.15) is 10.4 Å². The summed E-state index contributed by atoms with van der Waals surface area (Å²) in [6.07, 6.45) is 2.15. The molecule has 0 unspecified atom stereocenters. The molecule has 1 aromatic heterocycles. The van der Waals surface area contributed by atoms with Crippen LogP contribution in [-0.4, -0.2) is 29.9 Å². The highest BCUT2D eigenvalue weighted by atomic mass is 35.5. The summed E-state index contributed by atoms with van der Waals surface area (Å²) in [5.41, 5.74) is 1.95. The minimum Gasteiger partial charge on any atom is -0.380 e. The molecule has 0 aliphatic heterocycles. The molecular weight excluding hydrogens is 294 g/mol. The number of nitrogens with zero attached hydrogens (tertiary/aromatic N) is 2. The number of likely N-dealkylation sites (N-methyl/N-ethyl adjacent to an activating group) is 1. The highest BCUT2D eigenvalue weighted by Crippen LogP contribution is 2.21. The molecular formula is C14H16ClN3OS. The van der Waals surface area contributed by atoms with Crippen LogP contribution in [0.25, 0.3) is 0 Å². The maximum Gasteiger partial charge on any atom is 0.226 e. The molecule has 0 radical (unpaired) electrons. The molecule has 2 rings (SSSR count). The Labute approximate surface area is 127 Å². The van der Waals surface area contributed by atoms with Crippen LogP contribution in [0.5, 0.6) is 0 Å². The zero-order chi connectivity index (χ0) is 14.5. The summed E-state index contributed by atoms with van der Waals surface area (Å²) >= 11 is 7.25. The first-order valence-corrected chi connectivity index (χ1v) is 7.38. The standard InChI is InChI=1S/C14H16ClN3OS/c1-18(2)13(19)7-10-5-3-4-6-12(10)16-8-11-9-17-14(15)20-11/h3-6,9,16H,7-8H2,1-2H3. The number of hydrogen-bond donors (Lipinski definition) is 1. The fraction of sp³-hybridized carbons (Fsp3) is 0.286. The van der Waals surface area contributed by atoms with Gasteiger partial charge >= 0.3 is 0 Å². The summed E-state index contributed by atoms with van der Waals surface area (Å²) in [5, 5.41) is 3.33. The van der Waals surface area contributed by atoms with E-state index in [0.29, 0.717) is 17.4 Å². The van der Waals surface area contributed by atoms with Crippen LogP contribution in [-0.2, 0) is 17.8 Å². The predicted octanol–water partition coefficient (Wildman–Crippen LogP) is 3.04. The number of anilines is 1. The molecule has 0 saturated carbocycles. The highest BCUT2D eigenvalue weighted by molar-refractivity contribution is 7.15. The number of nitrogens with one attached hydrogen (secondary N) is 1. The Kier molecular flexibility index (Phi) is 4.98. The van der Waals surface area contributed by atoms with Crippen molar-refractivity contribution in [1.82, 2.24) is 9.88 Å².